The largest absolute Gasteiger partial charge is 0.478 e. The molecular weight excluding hydrogens is 268 g/mol. The second-order valence-corrected chi connectivity index (χ2v) is 6.98. The molecule has 0 atom stereocenters. The van der Waals surface area contributed by atoms with Crippen LogP contribution < -0.4 is 11.1 Å². The molecule has 0 aliphatic carbocycles. The Bertz CT molecular complexity index is 584. The number of nitrogens with two attached hydrogens (primary N) is 1. The topological polar surface area (TPSA) is 109 Å². The molecule has 0 amide bonds. The number of hydrogen-bond acceptors (Lipinski definition) is 5. The number of nitrogen functional groups attached to an aromatic ring is 1. The number of aromatic carboxylic acids is 1. The van der Waals surface area contributed by atoms with Crippen LogP contribution >= 0.6 is 0 Å². The van der Waals surface area contributed by atoms with Gasteiger partial charge in [0.05, 0.1) is 17.1 Å². The lowest BCUT2D eigenvalue weighted by Gasteiger charge is -2.24. The molecular formula is C12H16N2O4S. The van der Waals surface area contributed by atoms with E-state index >= 15 is 0 Å². The molecule has 0 saturated carbocycles. The maximum absolute atomic E-state index is 11.3. The minimum absolute atomic E-state index is 0.0495. The SMILES string of the molecule is Nc1ccc(NC2CCS(=O)(=O)CC2)cc1C(=O)O. The van der Waals surface area contributed by atoms with Gasteiger partial charge in [-0.3, -0.25) is 0 Å². The quantitative estimate of drug-likeness (QED) is 0.713. The number of hydrogen-bond donors (Lipinski definition) is 3. The smallest absolute Gasteiger partial charge is 0.337 e. The average Bonchev–Trinajstić information content (AvgIpc) is 2.34. The Balaban J connectivity index is 2.08. The molecule has 0 radical (unpaired) electrons. The highest BCUT2D eigenvalue weighted by molar-refractivity contribution is 7.91. The van der Waals surface area contributed by atoms with Crippen LogP contribution in [0.5, 0.6) is 0 Å². The molecule has 7 heteroatoms. The lowest BCUT2D eigenvalue weighted by Crippen LogP contribution is -2.32. The fourth-order valence-electron chi connectivity index (χ4n) is 2.10. The molecule has 6 nitrogen and oxygen atoms in total. The van der Waals surface area contributed by atoms with Gasteiger partial charge >= 0.3 is 5.97 Å². The minimum Gasteiger partial charge on any atom is -0.478 e. The summed E-state index contributed by atoms with van der Waals surface area (Å²) in [4.78, 5) is 11.0. The van der Waals surface area contributed by atoms with Crippen molar-refractivity contribution in [1.82, 2.24) is 0 Å². The third-order valence-corrected chi connectivity index (χ3v) is 4.92. The predicted molar refractivity (Wildman–Crippen MR) is 73.1 cm³/mol. The van der Waals surface area contributed by atoms with E-state index in [-0.39, 0.29) is 28.8 Å². The van der Waals surface area contributed by atoms with Gasteiger partial charge in [0.1, 0.15) is 9.84 Å². The van der Waals surface area contributed by atoms with Gasteiger partial charge in [0, 0.05) is 17.4 Å². The molecule has 0 spiro atoms. The Morgan fingerprint density at radius 1 is 1.32 bits per heavy atom. The first kappa shape index (κ1) is 13.7. The molecule has 1 aromatic carbocycles. The number of nitrogens with one attached hydrogen (secondary N) is 1. The molecule has 1 aliphatic rings. The van der Waals surface area contributed by atoms with Gasteiger partial charge in [0.25, 0.3) is 0 Å². The van der Waals surface area contributed by atoms with Crippen LogP contribution in [-0.4, -0.2) is 37.0 Å². The zero-order valence-corrected chi connectivity index (χ0v) is 11.1. The van der Waals surface area contributed by atoms with Crippen LogP contribution in [-0.2, 0) is 9.84 Å². The Morgan fingerprint density at radius 2 is 1.95 bits per heavy atom. The third-order valence-electron chi connectivity index (χ3n) is 3.21. The lowest BCUT2D eigenvalue weighted by atomic mass is 10.1. The van der Waals surface area contributed by atoms with E-state index in [0.29, 0.717) is 18.5 Å². The first-order valence-electron chi connectivity index (χ1n) is 5.97. The molecule has 1 aliphatic heterocycles. The number of benzene rings is 1. The zero-order chi connectivity index (χ0) is 14.0. The summed E-state index contributed by atoms with van der Waals surface area (Å²) < 4.78 is 22.6. The molecule has 0 unspecified atom stereocenters. The van der Waals surface area contributed by atoms with Gasteiger partial charge in [-0.1, -0.05) is 0 Å². The second kappa shape index (κ2) is 5.08. The first-order valence-corrected chi connectivity index (χ1v) is 7.79. The van der Waals surface area contributed by atoms with Gasteiger partial charge in [-0.05, 0) is 31.0 Å². The van der Waals surface area contributed by atoms with Gasteiger partial charge < -0.3 is 16.2 Å². The first-order chi connectivity index (χ1) is 8.87. The Labute approximate surface area is 111 Å². The van der Waals surface area contributed by atoms with Crippen molar-refractivity contribution in [2.24, 2.45) is 0 Å². The van der Waals surface area contributed by atoms with Gasteiger partial charge in [-0.25, -0.2) is 13.2 Å². The van der Waals surface area contributed by atoms with Crippen LogP contribution in [0.25, 0.3) is 0 Å². The maximum Gasteiger partial charge on any atom is 0.337 e. The van der Waals surface area contributed by atoms with E-state index in [0.717, 1.165) is 0 Å². The van der Waals surface area contributed by atoms with Crippen LogP contribution in [0.1, 0.15) is 23.2 Å². The molecule has 0 bridgehead atoms. The molecule has 0 aromatic heterocycles. The molecule has 1 aromatic rings. The monoisotopic (exact) mass is 284 g/mol. The van der Waals surface area contributed by atoms with Gasteiger partial charge in [-0.2, -0.15) is 0 Å². The summed E-state index contributed by atoms with van der Waals surface area (Å²) in [6.45, 7) is 0. The number of carboxylic acid groups (broad SMARTS) is 1. The molecule has 1 saturated heterocycles. The molecule has 104 valence electrons. The third kappa shape index (κ3) is 3.37. The van der Waals surface area contributed by atoms with Crippen molar-refractivity contribution in [3.05, 3.63) is 23.8 Å². The summed E-state index contributed by atoms with van der Waals surface area (Å²) in [7, 11) is -2.89. The summed E-state index contributed by atoms with van der Waals surface area (Å²) in [6, 6.07) is 4.76. The van der Waals surface area contributed by atoms with E-state index in [9.17, 15) is 13.2 Å². The van der Waals surface area contributed by atoms with E-state index in [1.165, 1.54) is 12.1 Å². The summed E-state index contributed by atoms with van der Waals surface area (Å²) in [5.41, 5.74) is 6.48. The van der Waals surface area contributed by atoms with E-state index in [2.05, 4.69) is 5.32 Å². The summed E-state index contributed by atoms with van der Waals surface area (Å²) in [5.74, 6) is -0.732. The summed E-state index contributed by atoms with van der Waals surface area (Å²) in [6.07, 6.45) is 1.07. The lowest BCUT2D eigenvalue weighted by molar-refractivity contribution is 0.0698. The fraction of sp³-hybridized carbons (Fsp3) is 0.417. The Morgan fingerprint density at radius 3 is 2.53 bits per heavy atom. The van der Waals surface area contributed by atoms with Crippen molar-refractivity contribution in [1.29, 1.82) is 0 Å². The van der Waals surface area contributed by atoms with Crippen molar-refractivity contribution in [3.63, 3.8) is 0 Å². The van der Waals surface area contributed by atoms with Crippen molar-refractivity contribution in [3.8, 4) is 0 Å². The second-order valence-electron chi connectivity index (χ2n) is 4.68. The van der Waals surface area contributed by atoms with E-state index in [4.69, 9.17) is 10.8 Å². The summed E-state index contributed by atoms with van der Waals surface area (Å²) in [5, 5.41) is 12.1. The Kier molecular flexibility index (Phi) is 3.66. The van der Waals surface area contributed by atoms with Crippen LogP contribution in [0.2, 0.25) is 0 Å². The number of carbonyl (C=O) groups is 1. The average molecular weight is 284 g/mol. The minimum atomic E-state index is -2.89. The van der Waals surface area contributed by atoms with Crippen LogP contribution in [0.4, 0.5) is 11.4 Å². The van der Waals surface area contributed by atoms with Gasteiger partial charge in [0.2, 0.25) is 0 Å². The number of sulfone groups is 1. The van der Waals surface area contributed by atoms with Crippen LogP contribution in [0, 0.1) is 0 Å². The van der Waals surface area contributed by atoms with Crippen molar-refractivity contribution in [2.75, 3.05) is 22.6 Å². The van der Waals surface area contributed by atoms with Crippen LogP contribution in [0.15, 0.2) is 18.2 Å². The molecule has 4 N–H and O–H groups in total. The normalized spacial score (nSPS) is 18.9. The van der Waals surface area contributed by atoms with Crippen molar-refractivity contribution in [2.45, 2.75) is 18.9 Å². The van der Waals surface area contributed by atoms with Crippen molar-refractivity contribution < 1.29 is 18.3 Å². The van der Waals surface area contributed by atoms with E-state index in [1.54, 1.807) is 6.07 Å². The summed E-state index contributed by atoms with van der Waals surface area (Å²) >= 11 is 0. The van der Waals surface area contributed by atoms with Crippen LogP contribution in [0.3, 0.4) is 0 Å². The van der Waals surface area contributed by atoms with Crippen molar-refractivity contribution >= 4 is 27.2 Å². The van der Waals surface area contributed by atoms with Gasteiger partial charge in [-0.15, -0.1) is 0 Å². The molecule has 2 rings (SSSR count). The molecule has 19 heavy (non-hydrogen) atoms. The van der Waals surface area contributed by atoms with E-state index in [1.807, 2.05) is 0 Å². The maximum atomic E-state index is 11.3. The highest BCUT2D eigenvalue weighted by Gasteiger charge is 2.23. The predicted octanol–water partition coefficient (Wildman–Crippen LogP) is 0.956. The van der Waals surface area contributed by atoms with Gasteiger partial charge in [0.15, 0.2) is 0 Å². The highest BCUT2D eigenvalue weighted by Crippen LogP contribution is 2.21. The standard InChI is InChI=1S/C12H16N2O4S/c13-11-2-1-9(7-10(11)12(15)16)14-8-3-5-19(17,18)6-4-8/h1-2,7-8,14H,3-6,13H2,(H,15,16). The van der Waals surface area contributed by atoms with E-state index < -0.39 is 15.8 Å². The Hall–Kier alpha value is -1.76. The number of anilines is 2. The highest BCUT2D eigenvalue weighted by atomic mass is 32.2. The zero-order valence-electron chi connectivity index (χ0n) is 10.3. The number of rotatable bonds is 3. The molecule has 1 fully saturated rings. The molecule has 1 heterocycles. The fourth-order valence-corrected chi connectivity index (χ4v) is 3.59. The number of carboxylic acids is 1.